The van der Waals surface area contributed by atoms with E-state index in [1.165, 1.54) is 11.3 Å². The van der Waals surface area contributed by atoms with Crippen molar-refractivity contribution in [3.63, 3.8) is 0 Å². The quantitative estimate of drug-likeness (QED) is 0.668. The van der Waals surface area contributed by atoms with Gasteiger partial charge in [0.15, 0.2) is 5.01 Å². The molecule has 0 aliphatic rings. The normalized spacial score (nSPS) is 10.5. The molecule has 0 spiro atoms. The fourth-order valence-corrected chi connectivity index (χ4v) is 2.77. The molecule has 0 atom stereocenters. The topological polar surface area (TPSA) is 56.3 Å². The lowest BCUT2D eigenvalue weighted by Gasteiger charge is -2.06. The predicted molar refractivity (Wildman–Crippen MR) is 93.4 cm³/mol. The van der Waals surface area contributed by atoms with E-state index in [1.54, 1.807) is 13.2 Å². The van der Waals surface area contributed by atoms with Gasteiger partial charge in [0, 0.05) is 6.54 Å². The van der Waals surface area contributed by atoms with E-state index in [4.69, 9.17) is 9.47 Å². The Balaban J connectivity index is 1.68. The summed E-state index contributed by atoms with van der Waals surface area (Å²) in [5.41, 5.74) is 0. The minimum absolute atomic E-state index is 0.392. The van der Waals surface area contributed by atoms with Crippen molar-refractivity contribution in [1.29, 1.82) is 0 Å². The summed E-state index contributed by atoms with van der Waals surface area (Å²) in [6.07, 6.45) is 1.78. The van der Waals surface area contributed by atoms with Crippen molar-refractivity contribution >= 4 is 27.2 Å². The molecule has 1 aromatic heterocycles. The molecule has 1 N–H and O–H groups in total. The van der Waals surface area contributed by atoms with Gasteiger partial charge in [0.2, 0.25) is 5.13 Å². The van der Waals surface area contributed by atoms with E-state index in [0.29, 0.717) is 13.2 Å². The van der Waals surface area contributed by atoms with Crippen LogP contribution in [0.4, 0.5) is 5.13 Å². The lowest BCUT2D eigenvalue weighted by Crippen LogP contribution is -1.96. The molecule has 0 aliphatic heterocycles. The minimum atomic E-state index is 0.392. The average molecular weight is 327 g/mol. The Morgan fingerprint density at radius 3 is 2.70 bits per heavy atom. The monoisotopic (exact) mass is 327 g/mol. The van der Waals surface area contributed by atoms with Crippen LogP contribution in [0.3, 0.4) is 0 Å². The smallest absolute Gasteiger partial charge is 0.206 e. The lowest BCUT2D eigenvalue weighted by molar-refractivity contribution is 0.305. The van der Waals surface area contributed by atoms with Gasteiger partial charge in [-0.05, 0) is 35.0 Å². The molecule has 1 heterocycles. The largest absolute Gasteiger partial charge is 0.497 e. The first-order chi connectivity index (χ1) is 11.3. The van der Waals surface area contributed by atoms with Crippen molar-refractivity contribution in [2.75, 3.05) is 19.0 Å². The van der Waals surface area contributed by atoms with Gasteiger partial charge in [-0.2, -0.15) is 0 Å². The molecule has 3 rings (SSSR count). The molecule has 0 unspecified atom stereocenters. The average Bonchev–Trinajstić information content (AvgIpc) is 3.05. The summed E-state index contributed by atoms with van der Waals surface area (Å²) in [7, 11) is 1.66. The highest BCUT2D eigenvalue weighted by Gasteiger charge is 2.05. The van der Waals surface area contributed by atoms with Crippen LogP contribution in [-0.2, 0) is 6.61 Å². The molecule has 118 valence electrons. The van der Waals surface area contributed by atoms with Crippen LogP contribution >= 0.6 is 11.3 Å². The van der Waals surface area contributed by atoms with E-state index >= 15 is 0 Å². The molecular formula is C17H17N3O2S. The summed E-state index contributed by atoms with van der Waals surface area (Å²) < 4.78 is 11.1. The molecule has 0 amide bonds. The van der Waals surface area contributed by atoms with E-state index in [0.717, 1.165) is 32.4 Å². The maximum absolute atomic E-state index is 5.81. The fraction of sp³-hybridized carbons (Fsp3) is 0.176. The second-order valence-electron chi connectivity index (χ2n) is 4.83. The van der Waals surface area contributed by atoms with Crippen molar-refractivity contribution < 1.29 is 9.47 Å². The summed E-state index contributed by atoms with van der Waals surface area (Å²) in [5.74, 6) is 1.62. The third-order valence-electron chi connectivity index (χ3n) is 3.25. The number of ether oxygens (including phenoxy) is 2. The number of benzene rings is 2. The van der Waals surface area contributed by atoms with Crippen LogP contribution in [0.25, 0.3) is 10.8 Å². The van der Waals surface area contributed by atoms with Crippen LogP contribution in [0.1, 0.15) is 5.01 Å². The number of aromatic nitrogens is 2. The van der Waals surface area contributed by atoms with E-state index in [1.807, 2.05) is 36.4 Å². The van der Waals surface area contributed by atoms with Crippen molar-refractivity contribution in [3.8, 4) is 11.5 Å². The number of methoxy groups -OCH3 is 1. The number of hydrogen-bond acceptors (Lipinski definition) is 6. The van der Waals surface area contributed by atoms with Crippen molar-refractivity contribution in [1.82, 2.24) is 10.2 Å². The molecule has 0 saturated heterocycles. The molecule has 0 saturated carbocycles. The fourth-order valence-electron chi connectivity index (χ4n) is 2.11. The van der Waals surface area contributed by atoms with Gasteiger partial charge < -0.3 is 14.8 Å². The van der Waals surface area contributed by atoms with E-state index in [9.17, 15) is 0 Å². The Kier molecular flexibility index (Phi) is 4.73. The van der Waals surface area contributed by atoms with Crippen LogP contribution in [0, 0.1) is 0 Å². The number of nitrogens with one attached hydrogen (secondary N) is 1. The van der Waals surface area contributed by atoms with Crippen molar-refractivity contribution in [2.45, 2.75) is 6.61 Å². The van der Waals surface area contributed by atoms with Crippen LogP contribution < -0.4 is 14.8 Å². The van der Waals surface area contributed by atoms with Gasteiger partial charge in [-0.15, -0.1) is 16.8 Å². The zero-order valence-corrected chi connectivity index (χ0v) is 13.6. The van der Waals surface area contributed by atoms with Gasteiger partial charge in [-0.25, -0.2) is 0 Å². The van der Waals surface area contributed by atoms with Gasteiger partial charge in [-0.1, -0.05) is 29.5 Å². The lowest BCUT2D eigenvalue weighted by atomic mass is 10.1. The van der Waals surface area contributed by atoms with Gasteiger partial charge in [0.25, 0.3) is 0 Å². The first-order valence-electron chi connectivity index (χ1n) is 7.16. The first-order valence-corrected chi connectivity index (χ1v) is 7.98. The Hall–Kier alpha value is -2.60. The van der Waals surface area contributed by atoms with Gasteiger partial charge in [0.1, 0.15) is 18.1 Å². The summed E-state index contributed by atoms with van der Waals surface area (Å²) >= 11 is 1.48. The van der Waals surface area contributed by atoms with Crippen LogP contribution in [0.2, 0.25) is 0 Å². The third kappa shape index (κ3) is 3.78. The maximum Gasteiger partial charge on any atom is 0.206 e. The van der Waals surface area contributed by atoms with E-state index in [2.05, 4.69) is 22.1 Å². The van der Waals surface area contributed by atoms with Gasteiger partial charge >= 0.3 is 0 Å². The zero-order valence-electron chi connectivity index (χ0n) is 12.8. The Labute approximate surface area is 138 Å². The standard InChI is InChI=1S/C17H17N3O2S/c1-3-8-18-17-20-19-16(23-17)11-22-15-7-5-12-4-6-14(21-2)9-13(12)10-15/h3-7,9-10H,1,8,11H2,2H3,(H,18,20). The number of hydrogen-bond donors (Lipinski definition) is 1. The molecule has 2 aromatic carbocycles. The second-order valence-corrected chi connectivity index (χ2v) is 5.90. The van der Waals surface area contributed by atoms with Crippen LogP contribution in [0.5, 0.6) is 11.5 Å². The van der Waals surface area contributed by atoms with Crippen LogP contribution in [0.15, 0.2) is 49.1 Å². The molecular weight excluding hydrogens is 310 g/mol. The number of anilines is 1. The predicted octanol–water partition coefficient (Wildman–Crippen LogP) is 3.88. The van der Waals surface area contributed by atoms with Crippen molar-refractivity contribution in [2.24, 2.45) is 0 Å². The van der Waals surface area contributed by atoms with Crippen molar-refractivity contribution in [3.05, 3.63) is 54.1 Å². The Bertz CT molecular complexity index is 816. The summed E-state index contributed by atoms with van der Waals surface area (Å²) in [4.78, 5) is 0. The second kappa shape index (κ2) is 7.11. The molecule has 0 bridgehead atoms. The number of fused-ring (bicyclic) bond motifs is 1. The Morgan fingerprint density at radius 2 is 1.91 bits per heavy atom. The molecule has 0 radical (unpaired) electrons. The highest BCUT2D eigenvalue weighted by molar-refractivity contribution is 7.15. The highest BCUT2D eigenvalue weighted by Crippen LogP contribution is 2.26. The SMILES string of the molecule is C=CCNc1nnc(COc2ccc3ccc(OC)cc3c2)s1. The van der Waals surface area contributed by atoms with E-state index < -0.39 is 0 Å². The summed E-state index contributed by atoms with van der Waals surface area (Å²) in [5, 5.41) is 15.1. The zero-order chi connectivity index (χ0) is 16.1. The van der Waals surface area contributed by atoms with Crippen LogP contribution in [-0.4, -0.2) is 23.9 Å². The third-order valence-corrected chi connectivity index (χ3v) is 4.10. The number of rotatable bonds is 7. The van der Waals surface area contributed by atoms with Gasteiger partial charge in [0.05, 0.1) is 7.11 Å². The summed E-state index contributed by atoms with van der Waals surface area (Å²) in [6.45, 7) is 4.72. The number of nitrogens with zero attached hydrogens (tertiary/aromatic N) is 2. The van der Waals surface area contributed by atoms with E-state index in [-0.39, 0.29) is 0 Å². The molecule has 5 nitrogen and oxygen atoms in total. The summed E-state index contributed by atoms with van der Waals surface area (Å²) in [6, 6.07) is 11.9. The van der Waals surface area contributed by atoms with Gasteiger partial charge in [-0.3, -0.25) is 0 Å². The minimum Gasteiger partial charge on any atom is -0.497 e. The molecule has 23 heavy (non-hydrogen) atoms. The molecule has 0 aliphatic carbocycles. The molecule has 3 aromatic rings. The highest BCUT2D eigenvalue weighted by atomic mass is 32.1. The molecule has 0 fully saturated rings. The molecule has 6 heteroatoms. The first kappa shape index (κ1) is 15.3. The maximum atomic E-state index is 5.81. The Morgan fingerprint density at radius 1 is 1.13 bits per heavy atom.